The Bertz CT molecular complexity index is 666. The summed E-state index contributed by atoms with van der Waals surface area (Å²) < 4.78 is 0. The summed E-state index contributed by atoms with van der Waals surface area (Å²) in [5, 5.41) is 12.6. The molecule has 0 aliphatic rings. The third kappa shape index (κ3) is 3.97. The maximum absolute atomic E-state index is 12.1. The van der Waals surface area contributed by atoms with Crippen LogP contribution in [-0.2, 0) is 4.79 Å². The lowest BCUT2D eigenvalue weighted by Gasteiger charge is -2.04. The van der Waals surface area contributed by atoms with Crippen molar-refractivity contribution in [2.24, 2.45) is 0 Å². The number of benzene rings is 2. The van der Waals surface area contributed by atoms with E-state index >= 15 is 0 Å². The molecule has 0 saturated heterocycles. The maximum atomic E-state index is 12.1. The minimum Gasteiger partial charge on any atom is -0.320 e. The first-order valence-corrected chi connectivity index (χ1v) is 6.18. The fourth-order valence-corrected chi connectivity index (χ4v) is 1.78. The van der Waals surface area contributed by atoms with Gasteiger partial charge in [-0.05, 0) is 24.3 Å². The van der Waals surface area contributed by atoms with E-state index in [1.807, 2.05) is 6.07 Å². The molecule has 0 aliphatic heterocycles. The van der Waals surface area contributed by atoms with E-state index in [9.17, 15) is 19.7 Å². The second-order valence-corrected chi connectivity index (χ2v) is 4.31. The third-order valence-electron chi connectivity index (χ3n) is 2.74. The van der Waals surface area contributed by atoms with Crippen LogP contribution in [0, 0.1) is 10.1 Å². The van der Waals surface area contributed by atoms with Gasteiger partial charge in [-0.1, -0.05) is 30.3 Å². The molecule has 0 saturated carbocycles. The van der Waals surface area contributed by atoms with Crippen molar-refractivity contribution < 1.29 is 14.5 Å². The van der Waals surface area contributed by atoms with E-state index in [2.05, 4.69) is 5.32 Å². The van der Waals surface area contributed by atoms with Crippen molar-refractivity contribution in [1.82, 2.24) is 0 Å². The van der Waals surface area contributed by atoms with Crippen LogP contribution in [0.1, 0.15) is 15.9 Å². The average molecular weight is 284 g/mol. The lowest BCUT2D eigenvalue weighted by atomic mass is 10.0. The smallest absolute Gasteiger partial charge is 0.296 e. The zero-order chi connectivity index (χ0) is 15.2. The number of nitrogens with one attached hydrogen (secondary N) is 1. The molecule has 0 radical (unpaired) electrons. The fraction of sp³-hybridized carbons (Fsp3) is 0.0667. The summed E-state index contributed by atoms with van der Waals surface area (Å²) in [6.45, 7) is -0.787. The van der Waals surface area contributed by atoms with Crippen molar-refractivity contribution in [2.45, 2.75) is 0 Å². The molecule has 0 fully saturated rings. The summed E-state index contributed by atoms with van der Waals surface area (Å²) in [7, 11) is 0. The topological polar surface area (TPSA) is 89.3 Å². The number of carbonyl (C=O) groups is 2. The molecule has 6 heteroatoms. The Morgan fingerprint density at radius 2 is 1.52 bits per heavy atom. The molecule has 0 unspecified atom stereocenters. The Kier molecular flexibility index (Phi) is 4.40. The van der Waals surface area contributed by atoms with Crippen LogP contribution in [0.25, 0.3) is 0 Å². The van der Waals surface area contributed by atoms with Crippen LogP contribution in [0.3, 0.4) is 0 Å². The SMILES string of the molecule is O=C(C[N+](=O)[O-])Nc1ccc(C(=O)c2ccccc2)cc1. The molecular formula is C15H12N2O4. The minimum atomic E-state index is -0.787. The van der Waals surface area contributed by atoms with Crippen LogP contribution < -0.4 is 5.32 Å². The third-order valence-corrected chi connectivity index (χ3v) is 2.74. The first-order valence-electron chi connectivity index (χ1n) is 6.18. The molecular weight excluding hydrogens is 272 g/mol. The monoisotopic (exact) mass is 284 g/mol. The molecule has 0 aromatic heterocycles. The number of hydrogen-bond acceptors (Lipinski definition) is 4. The molecule has 2 rings (SSSR count). The van der Waals surface area contributed by atoms with Crippen LogP contribution in [-0.4, -0.2) is 23.2 Å². The van der Waals surface area contributed by atoms with E-state index in [-0.39, 0.29) is 5.78 Å². The van der Waals surface area contributed by atoms with Gasteiger partial charge >= 0.3 is 0 Å². The standard InChI is InChI=1S/C15H12N2O4/c18-14(10-17(20)21)16-13-8-6-12(7-9-13)15(19)11-4-2-1-3-5-11/h1-9H,10H2,(H,16,18). The molecule has 0 aliphatic carbocycles. The first kappa shape index (κ1) is 14.4. The molecule has 2 aromatic rings. The first-order chi connectivity index (χ1) is 10.1. The van der Waals surface area contributed by atoms with Gasteiger partial charge in [-0.2, -0.15) is 0 Å². The van der Waals surface area contributed by atoms with Gasteiger partial charge in [0.2, 0.25) is 0 Å². The number of carbonyl (C=O) groups excluding carboxylic acids is 2. The molecule has 0 spiro atoms. The highest BCUT2D eigenvalue weighted by molar-refractivity contribution is 6.09. The predicted octanol–water partition coefficient (Wildman–Crippen LogP) is 2.13. The van der Waals surface area contributed by atoms with E-state index in [1.54, 1.807) is 36.4 Å². The summed E-state index contributed by atoms with van der Waals surface area (Å²) in [5.41, 5.74) is 1.46. The van der Waals surface area contributed by atoms with Crippen molar-refractivity contribution >= 4 is 17.4 Å². The Hall–Kier alpha value is -3.02. The van der Waals surface area contributed by atoms with E-state index in [0.717, 1.165) is 0 Å². The van der Waals surface area contributed by atoms with E-state index in [0.29, 0.717) is 16.8 Å². The van der Waals surface area contributed by atoms with Gasteiger partial charge in [-0.25, -0.2) is 0 Å². The lowest BCUT2D eigenvalue weighted by molar-refractivity contribution is -0.467. The summed E-state index contributed by atoms with van der Waals surface area (Å²) in [6, 6.07) is 15.0. The summed E-state index contributed by atoms with van der Waals surface area (Å²) in [6.07, 6.45) is 0. The molecule has 0 atom stereocenters. The highest BCUT2D eigenvalue weighted by Crippen LogP contribution is 2.13. The Labute approximate surface area is 120 Å². The van der Waals surface area contributed by atoms with Gasteiger partial charge in [0, 0.05) is 21.7 Å². The molecule has 1 N–H and O–H groups in total. The summed E-state index contributed by atoms with van der Waals surface area (Å²) >= 11 is 0. The number of amides is 1. The number of nitrogens with zero attached hydrogens (tertiary/aromatic N) is 1. The molecule has 1 amide bonds. The van der Waals surface area contributed by atoms with E-state index in [4.69, 9.17) is 0 Å². The molecule has 0 bridgehead atoms. The highest BCUT2D eigenvalue weighted by Gasteiger charge is 2.11. The van der Waals surface area contributed by atoms with Crippen molar-refractivity contribution in [1.29, 1.82) is 0 Å². The quantitative estimate of drug-likeness (QED) is 0.517. The molecule has 6 nitrogen and oxygen atoms in total. The van der Waals surface area contributed by atoms with Crippen LogP contribution in [0.15, 0.2) is 54.6 Å². The van der Waals surface area contributed by atoms with Crippen LogP contribution >= 0.6 is 0 Å². The molecule has 106 valence electrons. The van der Waals surface area contributed by atoms with Crippen molar-refractivity contribution in [3.63, 3.8) is 0 Å². The van der Waals surface area contributed by atoms with Gasteiger partial charge in [-0.3, -0.25) is 19.7 Å². The van der Waals surface area contributed by atoms with Gasteiger partial charge < -0.3 is 5.32 Å². The normalized spacial score (nSPS) is 9.90. The average Bonchev–Trinajstić information content (AvgIpc) is 2.47. The van der Waals surface area contributed by atoms with Crippen molar-refractivity contribution in [3.8, 4) is 0 Å². The molecule has 2 aromatic carbocycles. The number of nitro groups is 1. The van der Waals surface area contributed by atoms with Gasteiger partial charge in [0.25, 0.3) is 12.5 Å². The Balaban J connectivity index is 2.07. The van der Waals surface area contributed by atoms with Crippen LogP contribution in [0.2, 0.25) is 0 Å². The Morgan fingerprint density at radius 1 is 0.952 bits per heavy atom. The number of hydrogen-bond donors (Lipinski definition) is 1. The van der Waals surface area contributed by atoms with Gasteiger partial charge in [0.1, 0.15) is 0 Å². The van der Waals surface area contributed by atoms with Gasteiger partial charge in [0.15, 0.2) is 5.78 Å². The second kappa shape index (κ2) is 6.42. The molecule has 21 heavy (non-hydrogen) atoms. The van der Waals surface area contributed by atoms with Gasteiger partial charge in [-0.15, -0.1) is 0 Å². The van der Waals surface area contributed by atoms with Gasteiger partial charge in [0.05, 0.1) is 0 Å². The number of anilines is 1. The zero-order valence-electron chi connectivity index (χ0n) is 11.0. The zero-order valence-corrected chi connectivity index (χ0v) is 11.0. The Morgan fingerprint density at radius 3 is 2.10 bits per heavy atom. The van der Waals surface area contributed by atoms with E-state index < -0.39 is 17.4 Å². The lowest BCUT2D eigenvalue weighted by Crippen LogP contribution is -2.21. The summed E-state index contributed by atoms with van der Waals surface area (Å²) in [4.78, 5) is 32.9. The number of ketones is 1. The fourth-order valence-electron chi connectivity index (χ4n) is 1.78. The van der Waals surface area contributed by atoms with Crippen molar-refractivity contribution in [2.75, 3.05) is 11.9 Å². The minimum absolute atomic E-state index is 0.126. The second-order valence-electron chi connectivity index (χ2n) is 4.31. The van der Waals surface area contributed by atoms with E-state index in [1.165, 1.54) is 12.1 Å². The van der Waals surface area contributed by atoms with Crippen molar-refractivity contribution in [3.05, 3.63) is 75.8 Å². The van der Waals surface area contributed by atoms with Crippen LogP contribution in [0.5, 0.6) is 0 Å². The molecule has 0 heterocycles. The highest BCUT2D eigenvalue weighted by atomic mass is 16.6. The summed E-state index contributed by atoms with van der Waals surface area (Å²) in [5.74, 6) is -0.832. The number of rotatable bonds is 5. The largest absolute Gasteiger partial charge is 0.320 e. The predicted molar refractivity (Wildman–Crippen MR) is 76.8 cm³/mol. The van der Waals surface area contributed by atoms with Crippen LogP contribution in [0.4, 0.5) is 5.69 Å². The maximum Gasteiger partial charge on any atom is 0.296 e.